The van der Waals surface area contributed by atoms with Gasteiger partial charge in [0.1, 0.15) is 5.75 Å². The minimum atomic E-state index is -0.367. The third-order valence-electron chi connectivity index (χ3n) is 4.95. The van der Waals surface area contributed by atoms with Gasteiger partial charge in [-0.2, -0.15) is 0 Å². The van der Waals surface area contributed by atoms with Crippen molar-refractivity contribution in [2.45, 2.75) is 27.1 Å². The van der Waals surface area contributed by atoms with Gasteiger partial charge in [0.2, 0.25) is 5.91 Å². The predicted octanol–water partition coefficient (Wildman–Crippen LogP) is 5.76. The Bertz CT molecular complexity index is 1240. The average Bonchev–Trinajstić information content (AvgIpc) is 3.20. The molecule has 0 fully saturated rings. The van der Waals surface area contributed by atoms with Crippen LogP contribution in [0.2, 0.25) is 0 Å². The first-order valence-electron chi connectivity index (χ1n) is 10.4. The summed E-state index contributed by atoms with van der Waals surface area (Å²) in [7, 11) is 3.52. The van der Waals surface area contributed by atoms with E-state index in [2.05, 4.69) is 27.6 Å². The SMILES string of the molecule is COc1ccccc1-c1nnc(SC(C)C(=O)Nc2ccccc2Sc2ccccc2)n1C. The summed E-state index contributed by atoms with van der Waals surface area (Å²) in [6.07, 6.45) is 0. The molecule has 0 bridgehead atoms. The maximum Gasteiger partial charge on any atom is 0.237 e. The fourth-order valence-corrected chi connectivity index (χ4v) is 4.94. The third kappa shape index (κ3) is 5.40. The van der Waals surface area contributed by atoms with Crippen LogP contribution < -0.4 is 10.1 Å². The Hall–Kier alpha value is -3.23. The molecule has 0 radical (unpaired) electrons. The van der Waals surface area contributed by atoms with Crippen LogP contribution >= 0.6 is 23.5 Å². The minimum Gasteiger partial charge on any atom is -0.496 e. The first-order valence-corrected chi connectivity index (χ1v) is 12.1. The van der Waals surface area contributed by atoms with Crippen molar-refractivity contribution in [2.24, 2.45) is 7.05 Å². The lowest BCUT2D eigenvalue weighted by Gasteiger charge is -2.14. The number of nitrogens with zero attached hydrogens (tertiary/aromatic N) is 3. The van der Waals surface area contributed by atoms with Crippen molar-refractivity contribution >= 4 is 35.1 Å². The Labute approximate surface area is 201 Å². The van der Waals surface area contributed by atoms with Crippen LogP contribution in [0.3, 0.4) is 0 Å². The van der Waals surface area contributed by atoms with Gasteiger partial charge in [-0.3, -0.25) is 4.79 Å². The Morgan fingerprint density at radius 1 is 0.970 bits per heavy atom. The fraction of sp³-hybridized carbons (Fsp3) is 0.160. The van der Waals surface area contributed by atoms with Crippen LogP contribution in [0.25, 0.3) is 11.4 Å². The summed E-state index contributed by atoms with van der Waals surface area (Å²) in [5.41, 5.74) is 1.64. The van der Waals surface area contributed by atoms with E-state index in [1.807, 2.05) is 85.3 Å². The topological polar surface area (TPSA) is 69.0 Å². The van der Waals surface area contributed by atoms with E-state index in [0.29, 0.717) is 11.0 Å². The number of rotatable bonds is 8. The molecule has 1 unspecified atom stereocenters. The molecule has 4 aromatic rings. The molecule has 3 aromatic carbocycles. The Morgan fingerprint density at radius 2 is 1.67 bits per heavy atom. The van der Waals surface area contributed by atoms with E-state index in [1.165, 1.54) is 11.8 Å². The molecule has 0 spiro atoms. The molecule has 1 N–H and O–H groups in total. The molecule has 6 nitrogen and oxygen atoms in total. The Morgan fingerprint density at radius 3 is 2.45 bits per heavy atom. The van der Waals surface area contributed by atoms with Crippen molar-refractivity contribution in [2.75, 3.05) is 12.4 Å². The second kappa shape index (κ2) is 10.6. The van der Waals surface area contributed by atoms with Crippen LogP contribution in [0, 0.1) is 0 Å². The van der Waals surface area contributed by atoms with E-state index in [0.717, 1.165) is 26.8 Å². The van der Waals surface area contributed by atoms with E-state index < -0.39 is 0 Å². The van der Waals surface area contributed by atoms with Gasteiger partial charge in [0, 0.05) is 16.8 Å². The Balaban J connectivity index is 1.47. The number of hydrogen-bond donors (Lipinski definition) is 1. The van der Waals surface area contributed by atoms with Crippen LogP contribution in [-0.4, -0.2) is 33.0 Å². The summed E-state index contributed by atoms with van der Waals surface area (Å²) >= 11 is 2.98. The first kappa shape index (κ1) is 22.9. The van der Waals surface area contributed by atoms with E-state index in [-0.39, 0.29) is 11.2 Å². The minimum absolute atomic E-state index is 0.0945. The lowest BCUT2D eigenvalue weighted by atomic mass is 10.2. The number of para-hydroxylation sites is 2. The molecule has 168 valence electrons. The van der Waals surface area contributed by atoms with Crippen molar-refractivity contribution in [3.05, 3.63) is 78.9 Å². The monoisotopic (exact) mass is 476 g/mol. The van der Waals surface area contributed by atoms with E-state index in [9.17, 15) is 4.79 Å². The highest BCUT2D eigenvalue weighted by atomic mass is 32.2. The van der Waals surface area contributed by atoms with Gasteiger partial charge in [-0.25, -0.2) is 0 Å². The van der Waals surface area contributed by atoms with Crippen LogP contribution in [0.15, 0.2) is 93.8 Å². The molecule has 0 aliphatic heterocycles. The van der Waals surface area contributed by atoms with E-state index >= 15 is 0 Å². The number of methoxy groups -OCH3 is 1. The lowest BCUT2D eigenvalue weighted by Crippen LogP contribution is -2.23. The second-order valence-corrected chi connectivity index (χ2v) is 9.65. The fourth-order valence-electron chi connectivity index (χ4n) is 3.20. The molecule has 1 atom stereocenters. The highest BCUT2D eigenvalue weighted by molar-refractivity contribution is 8.00. The molecule has 0 saturated heterocycles. The smallest absolute Gasteiger partial charge is 0.237 e. The molecule has 4 rings (SSSR count). The van der Waals surface area contributed by atoms with Gasteiger partial charge in [0.25, 0.3) is 0 Å². The quantitative estimate of drug-likeness (QED) is 0.326. The van der Waals surface area contributed by atoms with Crippen molar-refractivity contribution in [1.29, 1.82) is 0 Å². The van der Waals surface area contributed by atoms with Gasteiger partial charge >= 0.3 is 0 Å². The largest absolute Gasteiger partial charge is 0.496 e. The molecule has 0 aliphatic carbocycles. The number of nitrogens with one attached hydrogen (secondary N) is 1. The van der Waals surface area contributed by atoms with Crippen LogP contribution in [0.1, 0.15) is 6.92 Å². The van der Waals surface area contributed by atoms with Crippen molar-refractivity contribution in [1.82, 2.24) is 14.8 Å². The third-order valence-corrected chi connectivity index (χ3v) is 7.17. The molecule has 8 heteroatoms. The van der Waals surface area contributed by atoms with Gasteiger partial charge in [0.15, 0.2) is 11.0 Å². The molecular formula is C25H24N4O2S2. The maximum absolute atomic E-state index is 13.0. The molecule has 1 heterocycles. The summed E-state index contributed by atoms with van der Waals surface area (Å²) in [5.74, 6) is 1.32. The highest BCUT2D eigenvalue weighted by Crippen LogP contribution is 2.34. The zero-order chi connectivity index (χ0) is 23.2. The van der Waals surface area contributed by atoms with Crippen molar-refractivity contribution in [3.63, 3.8) is 0 Å². The standard InChI is InChI=1S/C25H24N4O2S2/c1-17(32-25-28-27-23(29(25)2)19-13-7-9-15-21(19)31-3)24(30)26-20-14-8-10-16-22(20)33-18-11-5-4-6-12-18/h4-17H,1-3H3,(H,26,30). The van der Waals surface area contributed by atoms with Gasteiger partial charge in [-0.1, -0.05) is 66.0 Å². The van der Waals surface area contributed by atoms with Gasteiger partial charge < -0.3 is 14.6 Å². The number of benzene rings is 3. The van der Waals surface area contributed by atoms with Crippen LogP contribution in [-0.2, 0) is 11.8 Å². The van der Waals surface area contributed by atoms with Crippen LogP contribution in [0.5, 0.6) is 5.75 Å². The average molecular weight is 477 g/mol. The number of thioether (sulfide) groups is 1. The lowest BCUT2D eigenvalue weighted by molar-refractivity contribution is -0.115. The number of carbonyl (C=O) groups is 1. The second-order valence-electron chi connectivity index (χ2n) is 7.23. The van der Waals surface area contributed by atoms with Crippen molar-refractivity contribution in [3.8, 4) is 17.1 Å². The number of aromatic nitrogens is 3. The van der Waals surface area contributed by atoms with Crippen LogP contribution in [0.4, 0.5) is 5.69 Å². The molecule has 0 saturated carbocycles. The first-order chi connectivity index (χ1) is 16.1. The number of carbonyl (C=O) groups excluding carboxylic acids is 1. The molecule has 1 amide bonds. The van der Waals surface area contributed by atoms with Crippen molar-refractivity contribution < 1.29 is 9.53 Å². The Kier molecular flexibility index (Phi) is 7.36. The summed E-state index contributed by atoms with van der Waals surface area (Å²) in [6, 6.07) is 25.6. The number of amides is 1. The summed E-state index contributed by atoms with van der Waals surface area (Å²) < 4.78 is 7.33. The van der Waals surface area contributed by atoms with E-state index in [1.54, 1.807) is 18.9 Å². The normalized spacial score (nSPS) is 11.7. The predicted molar refractivity (Wildman–Crippen MR) is 134 cm³/mol. The molecule has 33 heavy (non-hydrogen) atoms. The number of anilines is 1. The maximum atomic E-state index is 13.0. The van der Waals surface area contributed by atoms with E-state index in [4.69, 9.17) is 4.74 Å². The molecular weight excluding hydrogens is 452 g/mol. The zero-order valence-electron chi connectivity index (χ0n) is 18.6. The highest BCUT2D eigenvalue weighted by Gasteiger charge is 2.21. The van der Waals surface area contributed by atoms with Gasteiger partial charge in [0.05, 0.1) is 23.6 Å². The summed E-state index contributed by atoms with van der Waals surface area (Å²) in [4.78, 5) is 15.1. The van der Waals surface area contributed by atoms with Gasteiger partial charge in [-0.05, 0) is 43.3 Å². The number of hydrogen-bond acceptors (Lipinski definition) is 6. The molecule has 1 aromatic heterocycles. The summed E-state index contributed by atoms with van der Waals surface area (Å²) in [5, 5.41) is 12.0. The number of ether oxygens (including phenoxy) is 1. The zero-order valence-corrected chi connectivity index (χ0v) is 20.2. The molecule has 0 aliphatic rings. The van der Waals surface area contributed by atoms with Gasteiger partial charge in [-0.15, -0.1) is 10.2 Å². The summed E-state index contributed by atoms with van der Waals surface area (Å²) in [6.45, 7) is 1.87.